The molecule has 102 valence electrons. The van der Waals surface area contributed by atoms with Crippen LogP contribution in [0.2, 0.25) is 0 Å². The predicted molar refractivity (Wildman–Crippen MR) is 81.9 cm³/mol. The second-order valence-electron chi connectivity index (χ2n) is 4.49. The minimum absolute atomic E-state index is 0.173. The van der Waals surface area contributed by atoms with E-state index in [0.717, 1.165) is 16.9 Å². The molecule has 0 aliphatic rings. The van der Waals surface area contributed by atoms with E-state index in [-0.39, 0.29) is 5.91 Å². The maximum absolute atomic E-state index is 12.0. The first-order valence-corrected chi connectivity index (χ1v) is 6.56. The highest BCUT2D eigenvalue weighted by molar-refractivity contribution is 6.04. The summed E-state index contributed by atoms with van der Waals surface area (Å²) in [4.78, 5) is 20.2. The number of nitrogens with zero attached hydrogens (tertiary/aromatic N) is 2. The Labute approximate surface area is 122 Å². The van der Waals surface area contributed by atoms with E-state index in [9.17, 15) is 4.79 Å². The van der Waals surface area contributed by atoms with Crippen molar-refractivity contribution in [3.8, 4) is 11.3 Å². The summed E-state index contributed by atoms with van der Waals surface area (Å²) in [7, 11) is 0. The summed E-state index contributed by atoms with van der Waals surface area (Å²) in [5, 5.41) is 2.84. The van der Waals surface area contributed by atoms with Gasteiger partial charge in [-0.1, -0.05) is 18.2 Å². The Morgan fingerprint density at radius 1 is 0.905 bits per heavy atom. The largest absolute Gasteiger partial charge is 0.322 e. The molecule has 0 saturated heterocycles. The smallest absolute Gasteiger partial charge is 0.257 e. The van der Waals surface area contributed by atoms with Crippen LogP contribution in [0.3, 0.4) is 0 Å². The normalized spacial score (nSPS) is 10.1. The Hall–Kier alpha value is -3.01. The van der Waals surface area contributed by atoms with Crippen molar-refractivity contribution in [3.63, 3.8) is 0 Å². The van der Waals surface area contributed by atoms with Crippen molar-refractivity contribution in [3.05, 3.63) is 78.8 Å². The molecule has 21 heavy (non-hydrogen) atoms. The van der Waals surface area contributed by atoms with E-state index in [4.69, 9.17) is 0 Å². The summed E-state index contributed by atoms with van der Waals surface area (Å²) in [5.74, 6) is -0.173. The molecular weight excluding hydrogens is 262 g/mol. The molecule has 0 aliphatic carbocycles. The SMILES string of the molecule is O=C(Nc1ccc(-c2ccccn2)cc1)c1cccnc1. The Kier molecular flexibility index (Phi) is 3.69. The van der Waals surface area contributed by atoms with E-state index in [1.54, 1.807) is 24.5 Å². The van der Waals surface area contributed by atoms with E-state index in [1.807, 2.05) is 42.5 Å². The fourth-order valence-corrected chi connectivity index (χ4v) is 1.96. The molecule has 1 N–H and O–H groups in total. The topological polar surface area (TPSA) is 54.9 Å². The van der Waals surface area contributed by atoms with Crippen molar-refractivity contribution in [1.82, 2.24) is 9.97 Å². The molecule has 4 nitrogen and oxygen atoms in total. The molecule has 3 aromatic rings. The third kappa shape index (κ3) is 3.12. The summed E-state index contributed by atoms with van der Waals surface area (Å²) in [6, 6.07) is 16.8. The first-order chi connectivity index (χ1) is 10.3. The summed E-state index contributed by atoms with van der Waals surface area (Å²) in [6.45, 7) is 0. The first-order valence-electron chi connectivity index (χ1n) is 6.56. The first kappa shape index (κ1) is 13.0. The summed E-state index contributed by atoms with van der Waals surface area (Å²) < 4.78 is 0. The van der Waals surface area contributed by atoms with Gasteiger partial charge in [-0.2, -0.15) is 0 Å². The van der Waals surface area contributed by atoms with Crippen molar-refractivity contribution in [2.75, 3.05) is 5.32 Å². The third-order valence-corrected chi connectivity index (χ3v) is 3.03. The van der Waals surface area contributed by atoms with E-state index >= 15 is 0 Å². The molecule has 0 fully saturated rings. The van der Waals surface area contributed by atoms with Gasteiger partial charge in [-0.15, -0.1) is 0 Å². The number of aromatic nitrogens is 2. The molecule has 0 unspecified atom stereocenters. The van der Waals surface area contributed by atoms with Crippen molar-refractivity contribution in [2.45, 2.75) is 0 Å². The van der Waals surface area contributed by atoms with Crippen LogP contribution in [0.4, 0.5) is 5.69 Å². The van der Waals surface area contributed by atoms with Crippen LogP contribution in [-0.4, -0.2) is 15.9 Å². The number of amides is 1. The van der Waals surface area contributed by atoms with Crippen LogP contribution in [0.15, 0.2) is 73.2 Å². The highest BCUT2D eigenvalue weighted by Gasteiger charge is 2.05. The molecule has 2 aromatic heterocycles. The molecule has 4 heteroatoms. The quantitative estimate of drug-likeness (QED) is 0.797. The van der Waals surface area contributed by atoms with Crippen LogP contribution in [0, 0.1) is 0 Å². The average molecular weight is 275 g/mol. The van der Waals surface area contributed by atoms with Gasteiger partial charge in [0.05, 0.1) is 11.3 Å². The summed E-state index contributed by atoms with van der Waals surface area (Å²) in [5.41, 5.74) is 3.19. The average Bonchev–Trinajstić information content (AvgIpc) is 2.57. The lowest BCUT2D eigenvalue weighted by Gasteiger charge is -2.06. The third-order valence-electron chi connectivity index (χ3n) is 3.03. The van der Waals surface area contributed by atoms with Gasteiger partial charge in [-0.3, -0.25) is 14.8 Å². The van der Waals surface area contributed by atoms with Crippen molar-refractivity contribution in [2.24, 2.45) is 0 Å². The molecular formula is C17H13N3O. The fourth-order valence-electron chi connectivity index (χ4n) is 1.96. The Morgan fingerprint density at radius 2 is 1.76 bits per heavy atom. The van der Waals surface area contributed by atoms with Gasteiger partial charge in [0.2, 0.25) is 0 Å². The van der Waals surface area contributed by atoms with E-state index in [0.29, 0.717) is 5.56 Å². The molecule has 3 rings (SSSR count). The van der Waals surface area contributed by atoms with Crippen molar-refractivity contribution in [1.29, 1.82) is 0 Å². The molecule has 1 aromatic carbocycles. The highest BCUT2D eigenvalue weighted by Crippen LogP contribution is 2.19. The molecule has 0 radical (unpaired) electrons. The number of pyridine rings is 2. The molecule has 1 amide bonds. The zero-order valence-electron chi connectivity index (χ0n) is 11.2. The minimum Gasteiger partial charge on any atom is -0.322 e. The number of hydrogen-bond acceptors (Lipinski definition) is 3. The Bertz CT molecular complexity index is 725. The standard InChI is InChI=1S/C17H13N3O/c21-17(14-4-3-10-18-12-14)20-15-8-6-13(7-9-15)16-5-1-2-11-19-16/h1-12H,(H,20,21). The molecule has 0 spiro atoms. The molecule has 0 saturated carbocycles. The molecule has 0 aliphatic heterocycles. The van der Waals surface area contributed by atoms with Crippen LogP contribution in [0.1, 0.15) is 10.4 Å². The number of benzene rings is 1. The van der Waals surface area contributed by atoms with Crippen LogP contribution >= 0.6 is 0 Å². The van der Waals surface area contributed by atoms with Gasteiger partial charge in [0.15, 0.2) is 0 Å². The highest BCUT2D eigenvalue weighted by atomic mass is 16.1. The zero-order valence-corrected chi connectivity index (χ0v) is 11.2. The van der Waals surface area contributed by atoms with Crippen molar-refractivity contribution < 1.29 is 4.79 Å². The minimum atomic E-state index is -0.173. The van der Waals surface area contributed by atoms with Gasteiger partial charge in [0.1, 0.15) is 0 Å². The van der Waals surface area contributed by atoms with Gasteiger partial charge in [0.25, 0.3) is 5.91 Å². The lowest BCUT2D eigenvalue weighted by molar-refractivity contribution is 0.102. The monoisotopic (exact) mass is 275 g/mol. The van der Waals surface area contributed by atoms with Gasteiger partial charge >= 0.3 is 0 Å². The number of nitrogens with one attached hydrogen (secondary N) is 1. The maximum Gasteiger partial charge on any atom is 0.257 e. The van der Waals surface area contributed by atoms with Gasteiger partial charge in [0, 0.05) is 29.8 Å². The summed E-state index contributed by atoms with van der Waals surface area (Å²) >= 11 is 0. The van der Waals surface area contributed by atoms with Gasteiger partial charge in [-0.25, -0.2) is 0 Å². The summed E-state index contributed by atoms with van der Waals surface area (Å²) in [6.07, 6.45) is 4.93. The number of carbonyl (C=O) groups is 1. The van der Waals surface area contributed by atoms with Crippen LogP contribution < -0.4 is 5.32 Å². The molecule has 0 bridgehead atoms. The number of carbonyl (C=O) groups excluding carboxylic acids is 1. The number of hydrogen-bond donors (Lipinski definition) is 1. The lowest BCUT2D eigenvalue weighted by atomic mass is 10.1. The predicted octanol–water partition coefficient (Wildman–Crippen LogP) is 3.40. The fraction of sp³-hybridized carbons (Fsp3) is 0. The second kappa shape index (κ2) is 5.96. The van der Waals surface area contributed by atoms with E-state index in [2.05, 4.69) is 15.3 Å². The Morgan fingerprint density at radius 3 is 2.43 bits per heavy atom. The maximum atomic E-state index is 12.0. The van der Waals surface area contributed by atoms with Crippen molar-refractivity contribution >= 4 is 11.6 Å². The zero-order chi connectivity index (χ0) is 14.5. The van der Waals surface area contributed by atoms with Crippen LogP contribution in [0.25, 0.3) is 11.3 Å². The van der Waals surface area contributed by atoms with E-state index < -0.39 is 0 Å². The molecule has 0 atom stereocenters. The van der Waals surface area contributed by atoms with Crippen LogP contribution in [-0.2, 0) is 0 Å². The molecule has 2 heterocycles. The second-order valence-corrected chi connectivity index (χ2v) is 4.49. The van der Waals surface area contributed by atoms with Crippen LogP contribution in [0.5, 0.6) is 0 Å². The number of anilines is 1. The lowest BCUT2D eigenvalue weighted by Crippen LogP contribution is -2.11. The Balaban J connectivity index is 1.75. The van der Waals surface area contributed by atoms with Gasteiger partial charge in [-0.05, 0) is 36.4 Å². The van der Waals surface area contributed by atoms with Gasteiger partial charge < -0.3 is 5.32 Å². The van der Waals surface area contributed by atoms with E-state index in [1.165, 1.54) is 6.20 Å². The number of rotatable bonds is 3.